The van der Waals surface area contributed by atoms with E-state index in [-0.39, 0.29) is 12.3 Å². The van der Waals surface area contributed by atoms with Crippen LogP contribution in [0.1, 0.15) is 40.5 Å². The molecule has 1 unspecified atom stereocenters. The van der Waals surface area contributed by atoms with Crippen molar-refractivity contribution in [3.8, 4) is 0 Å². The second-order valence-corrected chi connectivity index (χ2v) is 5.66. The Morgan fingerprint density at radius 3 is 2.00 bits per heavy atom. The lowest BCUT2D eigenvalue weighted by Gasteiger charge is -2.19. The molecule has 0 saturated carbocycles. The van der Waals surface area contributed by atoms with Gasteiger partial charge in [-0.15, -0.1) is 13.2 Å². The van der Waals surface area contributed by atoms with Crippen molar-refractivity contribution < 1.29 is 8.78 Å². The predicted molar refractivity (Wildman–Crippen MR) is 90.5 cm³/mol. The summed E-state index contributed by atoms with van der Waals surface area (Å²) in [5.74, 6) is -1.95. The molecular weight excluding hydrogens is 268 g/mol. The summed E-state index contributed by atoms with van der Waals surface area (Å²) in [6.45, 7) is 22.4. The molecule has 0 aromatic rings. The molecule has 0 aliphatic heterocycles. The molecule has 0 saturated heterocycles. The van der Waals surface area contributed by atoms with Crippen molar-refractivity contribution in [3.05, 3.63) is 49.7 Å². The van der Waals surface area contributed by atoms with E-state index in [1.165, 1.54) is 0 Å². The van der Waals surface area contributed by atoms with E-state index in [0.29, 0.717) is 24.6 Å². The van der Waals surface area contributed by atoms with Gasteiger partial charge < -0.3 is 5.32 Å². The molecule has 1 N–H and O–H groups in total. The summed E-state index contributed by atoms with van der Waals surface area (Å²) >= 11 is 0. The minimum absolute atomic E-state index is 0.00985. The van der Waals surface area contributed by atoms with Gasteiger partial charge in [-0.25, -0.2) is 8.78 Å². The van der Waals surface area contributed by atoms with Gasteiger partial charge in [0.25, 0.3) is 0 Å². The molecule has 0 aliphatic carbocycles. The van der Waals surface area contributed by atoms with Crippen molar-refractivity contribution in [1.82, 2.24) is 5.32 Å². The van der Waals surface area contributed by atoms with Crippen LogP contribution in [0.5, 0.6) is 0 Å². The van der Waals surface area contributed by atoms with Crippen molar-refractivity contribution in [2.45, 2.75) is 46.5 Å². The third-order valence-corrected chi connectivity index (χ3v) is 2.93. The number of rotatable bonds is 9. The number of hydrogen-bond acceptors (Lipinski definition) is 1. The Hall–Kier alpha value is -1.38. The van der Waals surface area contributed by atoms with E-state index in [1.807, 2.05) is 13.0 Å². The third kappa shape index (κ3) is 14.8. The summed E-state index contributed by atoms with van der Waals surface area (Å²) < 4.78 is 25.3. The fraction of sp³-hybridized carbons (Fsp3) is 0.556. The first-order chi connectivity index (χ1) is 9.55. The van der Waals surface area contributed by atoms with E-state index in [4.69, 9.17) is 0 Å². The quantitative estimate of drug-likeness (QED) is 0.423. The fourth-order valence-electron chi connectivity index (χ4n) is 1.25. The molecule has 0 aliphatic rings. The van der Waals surface area contributed by atoms with Gasteiger partial charge in [0.15, 0.2) is 0 Å². The topological polar surface area (TPSA) is 12.0 Å². The highest BCUT2D eigenvalue weighted by molar-refractivity contribution is 5.25. The molecule has 0 spiro atoms. The van der Waals surface area contributed by atoms with Crippen LogP contribution in [0.3, 0.4) is 0 Å². The van der Waals surface area contributed by atoms with E-state index in [1.54, 1.807) is 6.08 Å². The van der Waals surface area contributed by atoms with E-state index in [2.05, 4.69) is 45.5 Å². The second-order valence-electron chi connectivity index (χ2n) is 5.66. The average molecular weight is 299 g/mol. The molecule has 0 fully saturated rings. The van der Waals surface area contributed by atoms with Crippen molar-refractivity contribution in [2.24, 2.45) is 11.8 Å². The summed E-state index contributed by atoms with van der Waals surface area (Å²) in [4.78, 5) is 0. The minimum Gasteiger partial charge on any atom is -0.382 e. The first-order valence-corrected chi connectivity index (χ1v) is 7.28. The smallest absolute Gasteiger partial charge is 0.245 e. The summed E-state index contributed by atoms with van der Waals surface area (Å²) in [6, 6.07) is 0. The molecule has 0 heterocycles. The molecule has 3 heteroatoms. The predicted octanol–water partition coefficient (Wildman–Crippen LogP) is 5.73. The Kier molecular flexibility index (Phi) is 11.8. The molecule has 21 heavy (non-hydrogen) atoms. The summed E-state index contributed by atoms with van der Waals surface area (Å²) in [7, 11) is 0. The van der Waals surface area contributed by atoms with Crippen LogP contribution in [0.4, 0.5) is 8.78 Å². The van der Waals surface area contributed by atoms with Crippen LogP contribution >= 0.6 is 0 Å². The maximum atomic E-state index is 12.7. The zero-order chi connectivity index (χ0) is 17.1. The van der Waals surface area contributed by atoms with Gasteiger partial charge in [-0.05, 0) is 30.8 Å². The van der Waals surface area contributed by atoms with Crippen molar-refractivity contribution >= 4 is 0 Å². The van der Waals surface area contributed by atoms with Gasteiger partial charge in [0.2, 0.25) is 5.92 Å². The van der Waals surface area contributed by atoms with Crippen LogP contribution in [0.2, 0.25) is 0 Å². The standard InChI is InChI=1S/C13H21F2N.C5H10/c1-6-9-16-12(4)11(3)10(2)7-8-13(5,14)15;1-4-5(2)3/h6,10,16H,1,3-4,7-9H2,2,5H3;4-5H,1H2,2-3H3. The van der Waals surface area contributed by atoms with Gasteiger partial charge in [0, 0.05) is 18.7 Å². The number of halogens is 2. The lowest BCUT2D eigenvalue weighted by atomic mass is 9.94. The SMILES string of the molecule is C=CC(C)C.C=CCNC(=C)C(=C)C(C)CCC(C)(F)F. The Balaban J connectivity index is 0. The fourth-order valence-corrected chi connectivity index (χ4v) is 1.25. The van der Waals surface area contributed by atoms with Gasteiger partial charge in [-0.3, -0.25) is 0 Å². The molecule has 0 aromatic carbocycles. The third-order valence-electron chi connectivity index (χ3n) is 2.93. The van der Waals surface area contributed by atoms with Crippen LogP contribution in [-0.2, 0) is 0 Å². The second kappa shape index (κ2) is 11.3. The van der Waals surface area contributed by atoms with Crippen LogP contribution < -0.4 is 5.32 Å². The van der Waals surface area contributed by atoms with E-state index in [9.17, 15) is 8.78 Å². The van der Waals surface area contributed by atoms with Gasteiger partial charge in [-0.2, -0.15) is 0 Å². The van der Waals surface area contributed by atoms with Gasteiger partial charge >= 0.3 is 0 Å². The van der Waals surface area contributed by atoms with E-state index in [0.717, 1.165) is 12.5 Å². The normalized spacial score (nSPS) is 12.0. The summed E-state index contributed by atoms with van der Waals surface area (Å²) in [5.41, 5.74) is 1.48. The molecule has 0 bridgehead atoms. The Bertz CT molecular complexity index is 338. The lowest BCUT2D eigenvalue weighted by molar-refractivity contribution is 0.00841. The van der Waals surface area contributed by atoms with Crippen LogP contribution in [0, 0.1) is 11.8 Å². The number of hydrogen-bond donors (Lipinski definition) is 1. The molecule has 0 amide bonds. The highest BCUT2D eigenvalue weighted by Gasteiger charge is 2.22. The van der Waals surface area contributed by atoms with Crippen molar-refractivity contribution in [2.75, 3.05) is 6.54 Å². The highest BCUT2D eigenvalue weighted by Crippen LogP contribution is 2.26. The molecule has 0 radical (unpaired) electrons. The zero-order valence-corrected chi connectivity index (χ0v) is 14.0. The molecular formula is C18H31F2N. The Morgan fingerprint density at radius 1 is 1.19 bits per heavy atom. The number of allylic oxidation sites excluding steroid dienone is 2. The molecule has 1 nitrogen and oxygen atoms in total. The molecule has 0 aromatic heterocycles. The van der Waals surface area contributed by atoms with Crippen molar-refractivity contribution in [1.29, 1.82) is 0 Å². The minimum atomic E-state index is -2.61. The molecule has 0 rings (SSSR count). The zero-order valence-electron chi connectivity index (χ0n) is 14.0. The number of alkyl halides is 2. The Morgan fingerprint density at radius 2 is 1.67 bits per heavy atom. The van der Waals surface area contributed by atoms with Crippen LogP contribution in [-0.4, -0.2) is 12.5 Å². The number of nitrogens with one attached hydrogen (secondary N) is 1. The lowest BCUT2D eigenvalue weighted by Crippen LogP contribution is -2.18. The van der Waals surface area contributed by atoms with Crippen molar-refractivity contribution in [3.63, 3.8) is 0 Å². The summed E-state index contributed by atoms with van der Waals surface area (Å²) in [6.07, 6.45) is 3.92. The summed E-state index contributed by atoms with van der Waals surface area (Å²) in [5, 5.41) is 3.01. The van der Waals surface area contributed by atoms with E-state index < -0.39 is 5.92 Å². The van der Waals surface area contributed by atoms with Crippen LogP contribution in [0.25, 0.3) is 0 Å². The average Bonchev–Trinajstić information content (AvgIpc) is 2.40. The monoisotopic (exact) mass is 299 g/mol. The highest BCUT2D eigenvalue weighted by atomic mass is 19.3. The largest absolute Gasteiger partial charge is 0.382 e. The Labute approximate surface area is 129 Å². The first kappa shape index (κ1) is 21.9. The van der Waals surface area contributed by atoms with Gasteiger partial charge in [0.05, 0.1) is 0 Å². The maximum Gasteiger partial charge on any atom is 0.245 e. The van der Waals surface area contributed by atoms with Gasteiger partial charge in [-0.1, -0.05) is 46.1 Å². The molecule has 122 valence electrons. The first-order valence-electron chi connectivity index (χ1n) is 7.28. The van der Waals surface area contributed by atoms with E-state index >= 15 is 0 Å². The maximum absolute atomic E-state index is 12.7. The van der Waals surface area contributed by atoms with Gasteiger partial charge in [0.1, 0.15) is 0 Å². The van der Waals surface area contributed by atoms with Crippen LogP contribution in [0.15, 0.2) is 49.7 Å². The molecule has 1 atom stereocenters.